The number of ether oxygens (including phenoxy) is 2. The zero-order valence-corrected chi connectivity index (χ0v) is 18.8. The first-order chi connectivity index (χ1) is 17.1. The quantitative estimate of drug-likeness (QED) is 0.353. The van der Waals surface area contributed by atoms with Crippen LogP contribution in [0.15, 0.2) is 67.1 Å². The van der Waals surface area contributed by atoms with Gasteiger partial charge >= 0.3 is 0 Å². The first kappa shape index (κ1) is 20.8. The third-order valence-electron chi connectivity index (χ3n) is 5.84. The van der Waals surface area contributed by atoms with Crippen LogP contribution >= 0.6 is 0 Å². The molecule has 0 saturated heterocycles. The van der Waals surface area contributed by atoms with Gasteiger partial charge in [-0.1, -0.05) is 0 Å². The minimum absolute atomic E-state index is 0.393. The third-order valence-corrected chi connectivity index (χ3v) is 5.84. The standard InChI is InChI=1S/C26H19FN6O2/c1-34-17-8-14(7-16(27)10-17)24-19-11-23(30-21(19)5-6-29-24)26-25-22(32-33-26)4-3-20(31-25)15-9-18(35-2)13-28-12-15/h3-13,30H,1-2H3,(H,32,33). The first-order valence-corrected chi connectivity index (χ1v) is 10.8. The smallest absolute Gasteiger partial charge is 0.137 e. The van der Waals surface area contributed by atoms with Crippen molar-refractivity contribution in [2.24, 2.45) is 0 Å². The van der Waals surface area contributed by atoms with Crippen molar-refractivity contribution >= 4 is 21.9 Å². The number of benzene rings is 1. The Morgan fingerprint density at radius 1 is 0.829 bits per heavy atom. The van der Waals surface area contributed by atoms with Crippen molar-refractivity contribution in [1.82, 2.24) is 30.1 Å². The van der Waals surface area contributed by atoms with Gasteiger partial charge in [-0.2, -0.15) is 5.10 Å². The van der Waals surface area contributed by atoms with Gasteiger partial charge in [-0.15, -0.1) is 0 Å². The van der Waals surface area contributed by atoms with E-state index in [9.17, 15) is 4.39 Å². The van der Waals surface area contributed by atoms with Gasteiger partial charge in [0.05, 0.1) is 43.0 Å². The van der Waals surface area contributed by atoms with Crippen molar-refractivity contribution in [3.05, 3.63) is 72.9 Å². The van der Waals surface area contributed by atoms with E-state index >= 15 is 0 Å². The Bertz CT molecular complexity index is 1710. The maximum atomic E-state index is 14.2. The Balaban J connectivity index is 1.48. The van der Waals surface area contributed by atoms with E-state index in [0.29, 0.717) is 34.0 Å². The molecule has 0 saturated carbocycles. The molecule has 0 spiro atoms. The van der Waals surface area contributed by atoms with E-state index in [2.05, 4.69) is 25.1 Å². The Morgan fingerprint density at radius 2 is 1.69 bits per heavy atom. The summed E-state index contributed by atoms with van der Waals surface area (Å²) in [5.74, 6) is 0.689. The molecule has 0 aliphatic rings. The molecule has 8 nitrogen and oxygen atoms in total. The minimum Gasteiger partial charge on any atom is -0.497 e. The number of methoxy groups -OCH3 is 2. The molecule has 5 aromatic heterocycles. The molecule has 6 aromatic rings. The average molecular weight is 466 g/mol. The van der Waals surface area contributed by atoms with Crippen LogP contribution < -0.4 is 9.47 Å². The van der Waals surface area contributed by atoms with Gasteiger partial charge in [0.25, 0.3) is 0 Å². The molecule has 172 valence electrons. The van der Waals surface area contributed by atoms with Gasteiger partial charge in [0, 0.05) is 40.5 Å². The Labute approximate surface area is 198 Å². The lowest BCUT2D eigenvalue weighted by Crippen LogP contribution is -1.89. The monoisotopic (exact) mass is 466 g/mol. The number of hydrogen-bond acceptors (Lipinski definition) is 6. The summed E-state index contributed by atoms with van der Waals surface area (Å²) in [4.78, 5) is 17.0. The van der Waals surface area contributed by atoms with Crippen molar-refractivity contribution in [1.29, 1.82) is 0 Å². The van der Waals surface area contributed by atoms with E-state index in [-0.39, 0.29) is 0 Å². The molecule has 1 aromatic carbocycles. The molecule has 9 heteroatoms. The van der Waals surface area contributed by atoms with Gasteiger partial charge in [0.15, 0.2) is 0 Å². The van der Waals surface area contributed by atoms with E-state index in [1.807, 2.05) is 30.3 Å². The zero-order valence-electron chi connectivity index (χ0n) is 18.8. The lowest BCUT2D eigenvalue weighted by atomic mass is 10.1. The molecule has 0 unspecified atom stereocenters. The van der Waals surface area contributed by atoms with Crippen LogP contribution in [0.5, 0.6) is 11.5 Å². The van der Waals surface area contributed by atoms with E-state index in [1.165, 1.54) is 19.2 Å². The highest BCUT2D eigenvalue weighted by Crippen LogP contribution is 2.34. The van der Waals surface area contributed by atoms with Gasteiger partial charge in [-0.25, -0.2) is 9.37 Å². The molecule has 0 radical (unpaired) electrons. The SMILES string of the molecule is COc1cncc(-c2ccc3[nH]nc(-c4cc5c(-c6cc(F)cc(OC)c6)nccc5[nH]4)c3n2)c1. The molecule has 5 heterocycles. The van der Waals surface area contributed by atoms with Crippen molar-refractivity contribution in [3.8, 4) is 45.4 Å². The Hall–Kier alpha value is -4.79. The van der Waals surface area contributed by atoms with Crippen LogP contribution in [-0.4, -0.2) is 44.4 Å². The number of aromatic nitrogens is 6. The number of aromatic amines is 2. The number of hydrogen-bond donors (Lipinski definition) is 2. The van der Waals surface area contributed by atoms with Crippen molar-refractivity contribution in [2.75, 3.05) is 14.2 Å². The normalized spacial score (nSPS) is 11.3. The van der Waals surface area contributed by atoms with Crippen LogP contribution in [0.3, 0.4) is 0 Å². The van der Waals surface area contributed by atoms with Gasteiger partial charge in [0.1, 0.15) is 28.5 Å². The molecule has 0 amide bonds. The number of H-pyrrole nitrogens is 2. The highest BCUT2D eigenvalue weighted by atomic mass is 19.1. The molecule has 0 aliphatic heterocycles. The fourth-order valence-electron chi connectivity index (χ4n) is 4.15. The van der Waals surface area contributed by atoms with E-state index in [1.54, 1.807) is 31.8 Å². The number of pyridine rings is 3. The van der Waals surface area contributed by atoms with Crippen LogP contribution in [0.25, 0.3) is 55.8 Å². The van der Waals surface area contributed by atoms with Crippen LogP contribution in [-0.2, 0) is 0 Å². The topological polar surface area (TPSA) is 102 Å². The highest BCUT2D eigenvalue weighted by Gasteiger charge is 2.17. The lowest BCUT2D eigenvalue weighted by molar-refractivity contribution is 0.411. The maximum Gasteiger partial charge on any atom is 0.137 e. The first-order valence-electron chi connectivity index (χ1n) is 10.8. The van der Waals surface area contributed by atoms with Crippen LogP contribution in [0.1, 0.15) is 0 Å². The fraction of sp³-hybridized carbons (Fsp3) is 0.0769. The van der Waals surface area contributed by atoms with Crippen molar-refractivity contribution in [3.63, 3.8) is 0 Å². The summed E-state index contributed by atoms with van der Waals surface area (Å²) < 4.78 is 24.7. The van der Waals surface area contributed by atoms with E-state index in [0.717, 1.165) is 33.4 Å². The van der Waals surface area contributed by atoms with E-state index in [4.69, 9.17) is 14.5 Å². The second-order valence-electron chi connectivity index (χ2n) is 7.96. The Morgan fingerprint density at radius 3 is 2.54 bits per heavy atom. The van der Waals surface area contributed by atoms with Gasteiger partial charge in [-0.05, 0) is 42.5 Å². The average Bonchev–Trinajstić information content (AvgIpc) is 3.51. The van der Waals surface area contributed by atoms with Gasteiger partial charge in [0.2, 0.25) is 0 Å². The predicted octanol–water partition coefficient (Wildman–Crippen LogP) is 5.39. The maximum absolute atomic E-state index is 14.2. The predicted molar refractivity (Wildman–Crippen MR) is 131 cm³/mol. The molecule has 0 bridgehead atoms. The molecule has 0 aliphatic carbocycles. The van der Waals surface area contributed by atoms with Crippen LogP contribution in [0, 0.1) is 5.82 Å². The fourth-order valence-corrected chi connectivity index (χ4v) is 4.15. The number of halogens is 1. The Kier molecular flexibility index (Phi) is 4.88. The summed E-state index contributed by atoms with van der Waals surface area (Å²) in [5, 5.41) is 8.39. The molecule has 2 N–H and O–H groups in total. The molecular weight excluding hydrogens is 447 g/mol. The van der Waals surface area contributed by atoms with E-state index < -0.39 is 5.82 Å². The summed E-state index contributed by atoms with van der Waals surface area (Å²) in [5.41, 5.74) is 6.62. The molecule has 0 fully saturated rings. The summed E-state index contributed by atoms with van der Waals surface area (Å²) in [6.45, 7) is 0. The number of nitrogens with one attached hydrogen (secondary N) is 2. The second kappa shape index (κ2) is 8.21. The summed E-state index contributed by atoms with van der Waals surface area (Å²) in [6, 6.07) is 14.1. The van der Waals surface area contributed by atoms with Crippen LogP contribution in [0.2, 0.25) is 0 Å². The second-order valence-corrected chi connectivity index (χ2v) is 7.96. The summed E-state index contributed by atoms with van der Waals surface area (Å²) >= 11 is 0. The number of nitrogens with zero attached hydrogens (tertiary/aromatic N) is 4. The molecule has 0 atom stereocenters. The summed E-state index contributed by atoms with van der Waals surface area (Å²) in [6.07, 6.45) is 5.07. The molecule has 6 rings (SSSR count). The molecular formula is C26H19FN6O2. The van der Waals surface area contributed by atoms with Crippen LogP contribution in [0.4, 0.5) is 4.39 Å². The minimum atomic E-state index is -0.393. The largest absolute Gasteiger partial charge is 0.497 e. The summed E-state index contributed by atoms with van der Waals surface area (Å²) in [7, 11) is 3.11. The third kappa shape index (κ3) is 3.63. The zero-order chi connectivity index (χ0) is 23.9. The van der Waals surface area contributed by atoms with Crippen molar-refractivity contribution < 1.29 is 13.9 Å². The van der Waals surface area contributed by atoms with Crippen molar-refractivity contribution in [2.45, 2.75) is 0 Å². The number of rotatable bonds is 5. The highest BCUT2D eigenvalue weighted by molar-refractivity contribution is 5.99. The van der Waals surface area contributed by atoms with Gasteiger partial charge < -0.3 is 14.5 Å². The molecule has 35 heavy (non-hydrogen) atoms. The van der Waals surface area contributed by atoms with Gasteiger partial charge in [-0.3, -0.25) is 15.1 Å². The number of fused-ring (bicyclic) bond motifs is 2. The lowest BCUT2D eigenvalue weighted by Gasteiger charge is -2.06.